The minimum Gasteiger partial charge on any atom is -0.325 e. The molecule has 1 atom stereocenters. The molecule has 0 bridgehead atoms. The highest BCUT2D eigenvalue weighted by molar-refractivity contribution is 5.61. The van der Waals surface area contributed by atoms with E-state index < -0.39 is 58.6 Å². The molecule has 1 aromatic carbocycles. The van der Waals surface area contributed by atoms with E-state index in [-0.39, 0.29) is 30.7 Å². The standard InChI is InChI=1S/C17H14F9N3O/c1-3-8(2)29-13(30)7-12(17(24,25)26)28-14(29)27-11-6-9(15(18,19)20)4-5-10(11)16(21,22)23/h4-8H,3H2,1-2H3,(H,27,28). The molecule has 4 nitrogen and oxygen atoms in total. The number of anilines is 2. The van der Waals surface area contributed by atoms with Crippen molar-refractivity contribution in [2.45, 2.75) is 44.8 Å². The SMILES string of the molecule is CCC(C)n1c(Nc2cc(C(F)(F)F)ccc2C(F)(F)F)nc(C(F)(F)F)cc1=O. The topological polar surface area (TPSA) is 46.9 Å². The number of halogens is 9. The largest absolute Gasteiger partial charge is 0.433 e. The summed E-state index contributed by atoms with van der Waals surface area (Å²) >= 11 is 0. The predicted octanol–water partition coefficient (Wildman–Crippen LogP) is 6.01. The number of alkyl halides is 9. The summed E-state index contributed by atoms with van der Waals surface area (Å²) in [4.78, 5) is 15.3. The maximum Gasteiger partial charge on any atom is 0.433 e. The fraction of sp³-hybridized carbons (Fsp3) is 0.412. The Balaban J connectivity index is 2.76. The van der Waals surface area contributed by atoms with Gasteiger partial charge in [-0.1, -0.05) is 6.92 Å². The summed E-state index contributed by atoms with van der Waals surface area (Å²) in [5.74, 6) is -0.964. The van der Waals surface area contributed by atoms with Gasteiger partial charge in [0, 0.05) is 12.1 Å². The lowest BCUT2D eigenvalue weighted by molar-refractivity contribution is -0.141. The van der Waals surface area contributed by atoms with Crippen LogP contribution in [0.3, 0.4) is 0 Å². The fourth-order valence-electron chi connectivity index (χ4n) is 2.52. The molecule has 0 saturated heterocycles. The molecule has 0 aliphatic carbocycles. The van der Waals surface area contributed by atoms with Gasteiger partial charge in [-0.25, -0.2) is 4.98 Å². The van der Waals surface area contributed by atoms with Crippen molar-refractivity contribution >= 4 is 11.6 Å². The molecule has 2 aromatic rings. The van der Waals surface area contributed by atoms with Gasteiger partial charge in [-0.3, -0.25) is 9.36 Å². The van der Waals surface area contributed by atoms with Crippen LogP contribution < -0.4 is 10.9 Å². The molecule has 0 saturated carbocycles. The molecule has 166 valence electrons. The quantitative estimate of drug-likeness (QED) is 0.584. The minimum atomic E-state index is -5.13. The van der Waals surface area contributed by atoms with Crippen LogP contribution in [0.5, 0.6) is 0 Å². The molecule has 1 aromatic heterocycles. The Hall–Kier alpha value is -2.73. The van der Waals surface area contributed by atoms with Gasteiger partial charge in [-0.05, 0) is 31.5 Å². The zero-order chi connectivity index (χ0) is 23.1. The molecule has 13 heteroatoms. The fourth-order valence-corrected chi connectivity index (χ4v) is 2.52. The maximum absolute atomic E-state index is 13.3. The van der Waals surface area contributed by atoms with E-state index in [1.165, 1.54) is 6.92 Å². The van der Waals surface area contributed by atoms with Crippen molar-refractivity contribution < 1.29 is 39.5 Å². The first-order chi connectivity index (χ1) is 13.6. The van der Waals surface area contributed by atoms with E-state index in [0.29, 0.717) is 4.57 Å². The van der Waals surface area contributed by atoms with Crippen molar-refractivity contribution in [1.82, 2.24) is 9.55 Å². The Morgan fingerprint density at radius 3 is 2.03 bits per heavy atom. The molecule has 1 N–H and O–H groups in total. The monoisotopic (exact) mass is 447 g/mol. The van der Waals surface area contributed by atoms with Crippen molar-refractivity contribution in [2.75, 3.05) is 5.32 Å². The van der Waals surface area contributed by atoms with Crippen molar-refractivity contribution in [3.05, 3.63) is 51.4 Å². The van der Waals surface area contributed by atoms with Crippen LogP contribution in [0.25, 0.3) is 0 Å². The zero-order valence-corrected chi connectivity index (χ0v) is 15.3. The Labute approximate surface area is 163 Å². The van der Waals surface area contributed by atoms with Crippen LogP contribution >= 0.6 is 0 Å². The molecule has 0 fully saturated rings. The van der Waals surface area contributed by atoms with Crippen molar-refractivity contribution in [3.8, 4) is 0 Å². The molecular formula is C17H14F9N3O. The van der Waals surface area contributed by atoms with Crippen LogP contribution in [0.15, 0.2) is 29.1 Å². The number of hydrogen-bond donors (Lipinski definition) is 1. The molecule has 30 heavy (non-hydrogen) atoms. The van der Waals surface area contributed by atoms with Gasteiger partial charge in [0.1, 0.15) is 0 Å². The van der Waals surface area contributed by atoms with E-state index in [1.54, 1.807) is 6.92 Å². The van der Waals surface area contributed by atoms with E-state index in [9.17, 15) is 44.3 Å². The second-order valence-corrected chi connectivity index (χ2v) is 6.31. The van der Waals surface area contributed by atoms with Gasteiger partial charge in [0.05, 0.1) is 16.8 Å². The number of aromatic nitrogens is 2. The Bertz CT molecular complexity index is 974. The second kappa shape index (κ2) is 7.84. The summed E-state index contributed by atoms with van der Waals surface area (Å²) in [6.07, 6.45) is -15.1. The minimum absolute atomic E-state index is 0.0934. The first kappa shape index (κ1) is 23.5. The first-order valence-electron chi connectivity index (χ1n) is 8.32. The molecular weight excluding hydrogens is 433 g/mol. The van der Waals surface area contributed by atoms with Crippen LogP contribution in [0.2, 0.25) is 0 Å². The second-order valence-electron chi connectivity index (χ2n) is 6.31. The molecule has 2 rings (SSSR count). The molecule has 1 heterocycles. The average molecular weight is 447 g/mol. The first-order valence-corrected chi connectivity index (χ1v) is 8.32. The van der Waals surface area contributed by atoms with Gasteiger partial charge >= 0.3 is 18.5 Å². The number of nitrogens with one attached hydrogen (secondary N) is 1. The smallest absolute Gasteiger partial charge is 0.325 e. The van der Waals surface area contributed by atoms with Gasteiger partial charge in [0.15, 0.2) is 5.69 Å². The van der Waals surface area contributed by atoms with Gasteiger partial charge in [-0.2, -0.15) is 39.5 Å². The molecule has 0 spiro atoms. The molecule has 0 amide bonds. The van der Waals surface area contributed by atoms with Gasteiger partial charge in [0.25, 0.3) is 5.56 Å². The van der Waals surface area contributed by atoms with Crippen LogP contribution in [0, 0.1) is 0 Å². The third-order valence-corrected chi connectivity index (χ3v) is 4.17. The van der Waals surface area contributed by atoms with Crippen molar-refractivity contribution in [2.24, 2.45) is 0 Å². The Kier molecular flexibility index (Phi) is 6.15. The normalized spacial score (nSPS) is 14.0. The number of benzene rings is 1. The lowest BCUT2D eigenvalue weighted by atomic mass is 10.1. The average Bonchev–Trinajstić information content (AvgIpc) is 2.58. The number of hydrogen-bond acceptors (Lipinski definition) is 3. The predicted molar refractivity (Wildman–Crippen MR) is 88.2 cm³/mol. The summed E-state index contributed by atoms with van der Waals surface area (Å²) in [7, 11) is 0. The summed E-state index contributed by atoms with van der Waals surface area (Å²) < 4.78 is 118. The van der Waals surface area contributed by atoms with Gasteiger partial charge in [0.2, 0.25) is 5.95 Å². The van der Waals surface area contributed by atoms with E-state index >= 15 is 0 Å². The summed E-state index contributed by atoms with van der Waals surface area (Å²) in [5, 5.41) is 1.86. The molecule has 0 aliphatic heterocycles. The van der Waals surface area contributed by atoms with Gasteiger partial charge < -0.3 is 5.32 Å². The highest BCUT2D eigenvalue weighted by Crippen LogP contribution is 2.40. The van der Waals surface area contributed by atoms with Crippen molar-refractivity contribution in [1.29, 1.82) is 0 Å². The third-order valence-electron chi connectivity index (χ3n) is 4.17. The van der Waals surface area contributed by atoms with E-state index in [1.807, 2.05) is 5.32 Å². The highest BCUT2D eigenvalue weighted by Gasteiger charge is 2.38. The Morgan fingerprint density at radius 1 is 0.967 bits per heavy atom. The van der Waals surface area contributed by atoms with Crippen LogP contribution in [0.1, 0.15) is 43.1 Å². The van der Waals surface area contributed by atoms with Crippen LogP contribution in [-0.4, -0.2) is 9.55 Å². The summed E-state index contributed by atoms with van der Waals surface area (Å²) in [6.45, 7) is 2.93. The zero-order valence-electron chi connectivity index (χ0n) is 15.3. The van der Waals surface area contributed by atoms with Crippen LogP contribution in [-0.2, 0) is 18.5 Å². The summed E-state index contributed by atoms with van der Waals surface area (Å²) in [5.41, 5.74) is -7.16. The van der Waals surface area contributed by atoms with Crippen LogP contribution in [0.4, 0.5) is 51.1 Å². The summed E-state index contributed by atoms with van der Waals surface area (Å²) in [6, 6.07) is -0.223. The molecule has 1 unspecified atom stereocenters. The van der Waals surface area contributed by atoms with Crippen molar-refractivity contribution in [3.63, 3.8) is 0 Å². The lowest BCUT2D eigenvalue weighted by Crippen LogP contribution is -2.29. The molecule has 0 aliphatic rings. The third kappa shape index (κ3) is 5.05. The number of nitrogens with zero attached hydrogens (tertiary/aromatic N) is 2. The highest BCUT2D eigenvalue weighted by atomic mass is 19.4. The van der Waals surface area contributed by atoms with Gasteiger partial charge in [-0.15, -0.1) is 0 Å². The number of rotatable bonds is 4. The van der Waals surface area contributed by atoms with E-state index in [0.717, 1.165) is 0 Å². The molecule has 0 radical (unpaired) electrons. The maximum atomic E-state index is 13.3. The lowest BCUT2D eigenvalue weighted by Gasteiger charge is -2.22. The van der Waals surface area contributed by atoms with E-state index in [2.05, 4.69) is 4.98 Å². The van der Waals surface area contributed by atoms with E-state index in [4.69, 9.17) is 0 Å². The Morgan fingerprint density at radius 2 is 1.57 bits per heavy atom.